The number of piperidine rings is 1. The molecule has 1 aromatic rings. The zero-order valence-electron chi connectivity index (χ0n) is 10.6. The first-order valence-electron chi connectivity index (χ1n) is 6.31. The Morgan fingerprint density at radius 2 is 2.11 bits per heavy atom. The van der Waals surface area contributed by atoms with Gasteiger partial charge in [0.2, 0.25) is 5.91 Å². The summed E-state index contributed by atoms with van der Waals surface area (Å²) >= 11 is 0. The van der Waals surface area contributed by atoms with Crippen molar-refractivity contribution in [2.45, 2.75) is 19.4 Å². The number of primary amides is 1. The molecule has 2 N–H and O–H groups in total. The minimum absolute atomic E-state index is 0.0770. The highest BCUT2D eigenvalue weighted by molar-refractivity contribution is 5.76. The second-order valence-electron chi connectivity index (χ2n) is 4.90. The molecule has 102 valence electrons. The summed E-state index contributed by atoms with van der Waals surface area (Å²) in [6.07, 6.45) is 1.81. The number of rotatable bonds is 4. The smallest absolute Gasteiger partial charge is 0.269 e. The Morgan fingerprint density at radius 3 is 2.68 bits per heavy atom. The van der Waals surface area contributed by atoms with Gasteiger partial charge >= 0.3 is 0 Å². The molecule has 0 bridgehead atoms. The van der Waals surface area contributed by atoms with Gasteiger partial charge < -0.3 is 5.73 Å². The van der Waals surface area contributed by atoms with Crippen LogP contribution in [0.2, 0.25) is 0 Å². The van der Waals surface area contributed by atoms with Gasteiger partial charge in [-0.15, -0.1) is 0 Å². The molecule has 0 radical (unpaired) electrons. The van der Waals surface area contributed by atoms with Gasteiger partial charge in [-0.2, -0.15) is 0 Å². The minimum atomic E-state index is -0.409. The highest BCUT2D eigenvalue weighted by Gasteiger charge is 2.23. The van der Waals surface area contributed by atoms with Crippen LogP contribution in [0.1, 0.15) is 18.4 Å². The predicted octanol–water partition coefficient (Wildman–Crippen LogP) is 1.29. The van der Waals surface area contributed by atoms with Crippen molar-refractivity contribution in [3.8, 4) is 0 Å². The van der Waals surface area contributed by atoms with Crippen LogP contribution in [0.3, 0.4) is 0 Å². The van der Waals surface area contributed by atoms with Crippen molar-refractivity contribution in [1.29, 1.82) is 0 Å². The summed E-state index contributed by atoms with van der Waals surface area (Å²) < 4.78 is 0. The Bertz CT molecular complexity index is 473. The van der Waals surface area contributed by atoms with E-state index in [1.807, 2.05) is 0 Å². The quantitative estimate of drug-likeness (QED) is 0.654. The van der Waals surface area contributed by atoms with Gasteiger partial charge in [-0.25, -0.2) is 0 Å². The molecule has 6 nitrogen and oxygen atoms in total. The summed E-state index contributed by atoms with van der Waals surface area (Å²) in [5.74, 6) is -0.319. The van der Waals surface area contributed by atoms with E-state index in [-0.39, 0.29) is 17.5 Å². The molecule has 0 aliphatic carbocycles. The average molecular weight is 263 g/mol. The van der Waals surface area contributed by atoms with Crippen molar-refractivity contribution in [2.75, 3.05) is 13.1 Å². The maximum absolute atomic E-state index is 11.2. The van der Waals surface area contributed by atoms with Crippen LogP contribution in [0.25, 0.3) is 0 Å². The molecule has 1 atom stereocenters. The molecular weight excluding hydrogens is 246 g/mol. The number of nitro groups is 1. The summed E-state index contributed by atoms with van der Waals surface area (Å²) in [5.41, 5.74) is 6.44. The Balaban J connectivity index is 1.96. The van der Waals surface area contributed by atoms with Crippen molar-refractivity contribution < 1.29 is 9.72 Å². The molecule has 0 saturated carbocycles. The summed E-state index contributed by atoms with van der Waals surface area (Å²) in [6, 6.07) is 6.52. The fourth-order valence-corrected chi connectivity index (χ4v) is 2.41. The van der Waals surface area contributed by atoms with E-state index in [0.717, 1.165) is 24.9 Å². The molecule has 1 aromatic carbocycles. The summed E-state index contributed by atoms with van der Waals surface area (Å²) in [5, 5.41) is 10.6. The van der Waals surface area contributed by atoms with Crippen LogP contribution in [-0.4, -0.2) is 28.8 Å². The van der Waals surface area contributed by atoms with E-state index in [1.165, 1.54) is 12.1 Å². The number of hydrogen-bond acceptors (Lipinski definition) is 4. The number of amides is 1. The normalized spacial score (nSPS) is 20.1. The Hall–Kier alpha value is -1.95. The number of non-ortho nitro benzene ring substituents is 1. The lowest BCUT2D eigenvalue weighted by molar-refractivity contribution is -0.384. The lowest BCUT2D eigenvalue weighted by Gasteiger charge is -2.31. The van der Waals surface area contributed by atoms with Crippen molar-refractivity contribution >= 4 is 11.6 Å². The third-order valence-electron chi connectivity index (χ3n) is 3.46. The van der Waals surface area contributed by atoms with E-state index >= 15 is 0 Å². The molecule has 6 heteroatoms. The zero-order chi connectivity index (χ0) is 13.8. The monoisotopic (exact) mass is 263 g/mol. The van der Waals surface area contributed by atoms with Crippen LogP contribution in [0.4, 0.5) is 5.69 Å². The molecule has 0 spiro atoms. The van der Waals surface area contributed by atoms with Crippen LogP contribution < -0.4 is 5.73 Å². The molecule has 0 aromatic heterocycles. The molecule has 1 amide bonds. The van der Waals surface area contributed by atoms with E-state index < -0.39 is 4.92 Å². The van der Waals surface area contributed by atoms with Crippen molar-refractivity contribution in [3.63, 3.8) is 0 Å². The van der Waals surface area contributed by atoms with Gasteiger partial charge in [0.05, 0.1) is 10.8 Å². The molecule has 1 heterocycles. The van der Waals surface area contributed by atoms with E-state index in [2.05, 4.69) is 4.90 Å². The van der Waals surface area contributed by atoms with Crippen LogP contribution in [0.15, 0.2) is 24.3 Å². The van der Waals surface area contributed by atoms with Gasteiger partial charge in [0.25, 0.3) is 5.69 Å². The molecule has 1 fully saturated rings. The van der Waals surface area contributed by atoms with Crippen molar-refractivity contribution in [1.82, 2.24) is 4.90 Å². The molecule has 1 saturated heterocycles. The van der Waals surface area contributed by atoms with Crippen LogP contribution in [0.5, 0.6) is 0 Å². The summed E-state index contributed by atoms with van der Waals surface area (Å²) in [7, 11) is 0. The van der Waals surface area contributed by atoms with Crippen LogP contribution in [0, 0.1) is 16.0 Å². The molecule has 1 aliphatic rings. The van der Waals surface area contributed by atoms with Gasteiger partial charge in [0.1, 0.15) is 0 Å². The van der Waals surface area contributed by atoms with Gasteiger partial charge in [-0.3, -0.25) is 19.8 Å². The van der Waals surface area contributed by atoms with Gasteiger partial charge in [0.15, 0.2) is 0 Å². The van der Waals surface area contributed by atoms with E-state index in [9.17, 15) is 14.9 Å². The van der Waals surface area contributed by atoms with Crippen molar-refractivity contribution in [3.05, 3.63) is 39.9 Å². The first-order chi connectivity index (χ1) is 9.06. The first kappa shape index (κ1) is 13.5. The lowest BCUT2D eigenvalue weighted by Crippen LogP contribution is -2.40. The number of nitro benzene ring substituents is 1. The first-order valence-corrected chi connectivity index (χ1v) is 6.31. The van der Waals surface area contributed by atoms with E-state index in [1.54, 1.807) is 12.1 Å². The van der Waals surface area contributed by atoms with Crippen LogP contribution in [-0.2, 0) is 11.3 Å². The standard InChI is InChI=1S/C13H17N3O3/c14-13(17)11-2-1-7-15(9-11)8-10-3-5-12(6-4-10)16(18)19/h3-6,11H,1-2,7-9H2,(H2,14,17)/t11-/m1/s1. The van der Waals surface area contributed by atoms with Gasteiger partial charge in [-0.1, -0.05) is 12.1 Å². The predicted molar refractivity (Wildman–Crippen MR) is 70.3 cm³/mol. The van der Waals surface area contributed by atoms with Crippen molar-refractivity contribution in [2.24, 2.45) is 11.7 Å². The minimum Gasteiger partial charge on any atom is -0.369 e. The fraction of sp³-hybridized carbons (Fsp3) is 0.462. The SMILES string of the molecule is NC(=O)[C@@H]1CCCN(Cc2ccc([N+](=O)[O-])cc2)C1. The second-order valence-corrected chi connectivity index (χ2v) is 4.90. The summed E-state index contributed by atoms with van der Waals surface area (Å²) in [6.45, 7) is 2.30. The van der Waals surface area contributed by atoms with E-state index in [4.69, 9.17) is 5.73 Å². The maximum atomic E-state index is 11.2. The number of likely N-dealkylation sites (tertiary alicyclic amines) is 1. The number of benzene rings is 1. The van der Waals surface area contributed by atoms with Crippen LogP contribution >= 0.6 is 0 Å². The number of carbonyl (C=O) groups is 1. The van der Waals surface area contributed by atoms with E-state index in [0.29, 0.717) is 13.1 Å². The highest BCUT2D eigenvalue weighted by atomic mass is 16.6. The molecular formula is C13H17N3O3. The largest absolute Gasteiger partial charge is 0.369 e. The number of carbonyl (C=O) groups excluding carboxylic acids is 1. The number of nitrogens with zero attached hydrogens (tertiary/aromatic N) is 2. The fourth-order valence-electron chi connectivity index (χ4n) is 2.41. The highest BCUT2D eigenvalue weighted by Crippen LogP contribution is 2.19. The third-order valence-corrected chi connectivity index (χ3v) is 3.46. The molecule has 19 heavy (non-hydrogen) atoms. The second kappa shape index (κ2) is 5.79. The Kier molecular flexibility index (Phi) is 4.11. The summed E-state index contributed by atoms with van der Waals surface area (Å²) in [4.78, 5) is 23.5. The molecule has 1 aliphatic heterocycles. The number of nitrogens with two attached hydrogens (primary N) is 1. The average Bonchev–Trinajstić information content (AvgIpc) is 2.39. The Morgan fingerprint density at radius 1 is 1.42 bits per heavy atom. The van der Waals surface area contributed by atoms with Gasteiger partial charge in [0, 0.05) is 25.2 Å². The van der Waals surface area contributed by atoms with Gasteiger partial charge in [-0.05, 0) is 24.9 Å². The molecule has 2 rings (SSSR count). The molecule has 0 unspecified atom stereocenters. The maximum Gasteiger partial charge on any atom is 0.269 e. The zero-order valence-corrected chi connectivity index (χ0v) is 10.6. The topological polar surface area (TPSA) is 89.5 Å². The third kappa shape index (κ3) is 3.51. The number of hydrogen-bond donors (Lipinski definition) is 1. The lowest BCUT2D eigenvalue weighted by atomic mass is 9.97. The Labute approximate surface area is 111 Å².